The van der Waals surface area contributed by atoms with Crippen LogP contribution in [0.25, 0.3) is 0 Å². The Labute approximate surface area is 169 Å². The number of fused-ring (bicyclic) bond motifs is 1. The average Bonchev–Trinajstić information content (AvgIpc) is 3.00. The van der Waals surface area contributed by atoms with Crippen LogP contribution in [0.15, 0.2) is 17.1 Å². The fourth-order valence-electron chi connectivity index (χ4n) is 2.31. The number of benzene rings is 1. The van der Waals surface area contributed by atoms with Crippen LogP contribution in [0.1, 0.15) is 12.0 Å². The van der Waals surface area contributed by atoms with Gasteiger partial charge in [0.05, 0.1) is 0 Å². The molecular weight excluding hydrogens is 461 g/mol. The Balaban J connectivity index is 0.00000338. The van der Waals surface area contributed by atoms with Crippen LogP contribution in [-0.2, 0) is 6.54 Å². The SMILES string of the molecule is CN=C(NCCCN(C)C)NCc1cc2c(cc1OC(F)F)OCO2.I. The molecule has 0 aliphatic carbocycles. The molecule has 1 aromatic rings. The molecule has 0 aromatic heterocycles. The van der Waals surface area contributed by atoms with E-state index < -0.39 is 6.61 Å². The van der Waals surface area contributed by atoms with Crippen LogP contribution >= 0.6 is 24.0 Å². The second-order valence-electron chi connectivity index (χ2n) is 5.70. The van der Waals surface area contributed by atoms with E-state index in [2.05, 4.69) is 25.3 Å². The van der Waals surface area contributed by atoms with Gasteiger partial charge in [-0.15, -0.1) is 24.0 Å². The Hall–Kier alpha value is -1.56. The molecule has 0 saturated heterocycles. The van der Waals surface area contributed by atoms with Gasteiger partial charge in [0.15, 0.2) is 17.5 Å². The molecule has 1 heterocycles. The van der Waals surface area contributed by atoms with Crippen LogP contribution in [0, 0.1) is 0 Å². The molecule has 0 saturated carbocycles. The van der Waals surface area contributed by atoms with Crippen LogP contribution in [0.3, 0.4) is 0 Å². The van der Waals surface area contributed by atoms with Crippen molar-refractivity contribution in [2.24, 2.45) is 4.99 Å². The summed E-state index contributed by atoms with van der Waals surface area (Å²) in [4.78, 5) is 6.21. The lowest BCUT2D eigenvalue weighted by Gasteiger charge is -2.16. The predicted molar refractivity (Wildman–Crippen MR) is 106 cm³/mol. The van der Waals surface area contributed by atoms with Gasteiger partial charge in [0.1, 0.15) is 5.75 Å². The number of rotatable bonds is 8. The Morgan fingerprint density at radius 1 is 1.27 bits per heavy atom. The first kappa shape index (κ1) is 22.5. The molecule has 7 nitrogen and oxygen atoms in total. The molecule has 2 N–H and O–H groups in total. The topological polar surface area (TPSA) is 67.4 Å². The van der Waals surface area contributed by atoms with Crippen molar-refractivity contribution in [1.29, 1.82) is 0 Å². The minimum atomic E-state index is -2.91. The number of halogens is 3. The quantitative estimate of drug-likeness (QED) is 0.255. The van der Waals surface area contributed by atoms with Gasteiger partial charge in [-0.25, -0.2) is 0 Å². The standard InChI is InChI=1S/C16H24F2N4O3.HI/c1-19-16(20-5-4-6-22(2)3)21-9-11-7-13-14(24-10-23-13)8-12(11)25-15(17)18;/h7-8,15H,4-6,9-10H2,1-3H3,(H2,19,20,21);1H. The molecule has 1 aliphatic rings. The number of hydrogen-bond donors (Lipinski definition) is 2. The van der Waals surface area contributed by atoms with Crippen molar-refractivity contribution in [3.05, 3.63) is 17.7 Å². The summed E-state index contributed by atoms with van der Waals surface area (Å²) >= 11 is 0. The van der Waals surface area contributed by atoms with Gasteiger partial charge in [-0.1, -0.05) is 0 Å². The predicted octanol–water partition coefficient (Wildman–Crippen LogP) is 2.25. The van der Waals surface area contributed by atoms with E-state index in [9.17, 15) is 8.78 Å². The number of hydrogen-bond acceptors (Lipinski definition) is 5. The fourth-order valence-corrected chi connectivity index (χ4v) is 2.31. The molecule has 10 heteroatoms. The number of alkyl halides is 2. The molecule has 148 valence electrons. The highest BCUT2D eigenvalue weighted by Gasteiger charge is 2.20. The smallest absolute Gasteiger partial charge is 0.387 e. The Morgan fingerprint density at radius 3 is 2.58 bits per heavy atom. The number of aliphatic imine (C=N–C) groups is 1. The van der Waals surface area contributed by atoms with Gasteiger partial charge in [0.2, 0.25) is 6.79 Å². The van der Waals surface area contributed by atoms with Gasteiger partial charge in [-0.2, -0.15) is 8.78 Å². The van der Waals surface area contributed by atoms with Gasteiger partial charge < -0.3 is 29.7 Å². The third-order valence-electron chi connectivity index (χ3n) is 3.52. The van der Waals surface area contributed by atoms with Crippen LogP contribution in [0.4, 0.5) is 8.78 Å². The highest BCUT2D eigenvalue weighted by molar-refractivity contribution is 14.0. The molecule has 0 spiro atoms. The first-order chi connectivity index (χ1) is 12.0. The molecule has 0 amide bonds. The molecule has 1 aliphatic heterocycles. The van der Waals surface area contributed by atoms with Gasteiger partial charge in [0, 0.05) is 31.8 Å². The Morgan fingerprint density at radius 2 is 1.96 bits per heavy atom. The molecule has 0 atom stereocenters. The summed E-state index contributed by atoms with van der Waals surface area (Å²) in [6.45, 7) is -0.887. The van der Waals surface area contributed by atoms with E-state index in [0.717, 1.165) is 19.5 Å². The number of nitrogens with zero attached hydrogens (tertiary/aromatic N) is 2. The minimum absolute atomic E-state index is 0. The van der Waals surface area contributed by atoms with Crippen LogP contribution in [-0.4, -0.2) is 58.5 Å². The van der Waals surface area contributed by atoms with E-state index in [4.69, 9.17) is 9.47 Å². The van der Waals surface area contributed by atoms with Crippen LogP contribution in [0.5, 0.6) is 17.2 Å². The first-order valence-corrected chi connectivity index (χ1v) is 7.96. The molecule has 26 heavy (non-hydrogen) atoms. The number of nitrogens with one attached hydrogen (secondary N) is 2. The van der Waals surface area contributed by atoms with Gasteiger partial charge in [-0.05, 0) is 33.1 Å². The zero-order chi connectivity index (χ0) is 18.2. The van der Waals surface area contributed by atoms with Crippen molar-refractivity contribution < 1.29 is 23.0 Å². The zero-order valence-electron chi connectivity index (χ0n) is 15.1. The lowest BCUT2D eigenvalue weighted by Crippen LogP contribution is -2.38. The van der Waals surface area contributed by atoms with E-state index in [0.29, 0.717) is 23.0 Å². The van der Waals surface area contributed by atoms with Gasteiger partial charge in [0.25, 0.3) is 0 Å². The van der Waals surface area contributed by atoms with Gasteiger partial charge >= 0.3 is 6.61 Å². The fraction of sp³-hybridized carbons (Fsp3) is 0.562. The maximum atomic E-state index is 12.6. The zero-order valence-corrected chi connectivity index (χ0v) is 17.4. The summed E-state index contributed by atoms with van der Waals surface area (Å²) in [5.41, 5.74) is 0.529. The molecule has 0 radical (unpaired) electrons. The van der Waals surface area contributed by atoms with Crippen molar-refractivity contribution in [1.82, 2.24) is 15.5 Å². The molecule has 2 rings (SSSR count). The largest absolute Gasteiger partial charge is 0.454 e. The minimum Gasteiger partial charge on any atom is -0.454 e. The first-order valence-electron chi connectivity index (χ1n) is 7.96. The summed E-state index contributed by atoms with van der Waals surface area (Å²) in [6.07, 6.45) is 0.956. The molecule has 0 unspecified atom stereocenters. The van der Waals surface area contributed by atoms with E-state index in [1.165, 1.54) is 6.07 Å². The van der Waals surface area contributed by atoms with Crippen LogP contribution in [0.2, 0.25) is 0 Å². The molecular formula is C16H25F2IN4O3. The highest BCUT2D eigenvalue weighted by atomic mass is 127. The summed E-state index contributed by atoms with van der Waals surface area (Å²) in [7, 11) is 5.67. The van der Waals surface area contributed by atoms with Crippen LogP contribution < -0.4 is 24.8 Å². The lowest BCUT2D eigenvalue weighted by atomic mass is 10.1. The monoisotopic (exact) mass is 486 g/mol. The van der Waals surface area contributed by atoms with Crippen molar-refractivity contribution in [2.45, 2.75) is 19.6 Å². The summed E-state index contributed by atoms with van der Waals surface area (Å²) in [5.74, 6) is 1.53. The van der Waals surface area contributed by atoms with Crippen molar-refractivity contribution in [2.75, 3.05) is 41.0 Å². The molecule has 1 aromatic carbocycles. The second-order valence-corrected chi connectivity index (χ2v) is 5.70. The number of guanidine groups is 1. The maximum absolute atomic E-state index is 12.6. The Bertz CT molecular complexity index is 603. The molecule has 0 fully saturated rings. The van der Waals surface area contributed by atoms with Crippen molar-refractivity contribution >= 4 is 29.9 Å². The third kappa shape index (κ3) is 6.98. The van der Waals surface area contributed by atoms with E-state index in [1.54, 1.807) is 13.1 Å². The normalized spacial score (nSPS) is 13.0. The summed E-state index contributed by atoms with van der Waals surface area (Å²) in [5, 5.41) is 6.26. The van der Waals surface area contributed by atoms with E-state index in [-0.39, 0.29) is 43.1 Å². The molecule has 0 bridgehead atoms. The Kier molecular flexibility index (Phi) is 9.70. The number of ether oxygens (including phenoxy) is 3. The highest BCUT2D eigenvalue weighted by Crippen LogP contribution is 2.38. The lowest BCUT2D eigenvalue weighted by molar-refractivity contribution is -0.0505. The van der Waals surface area contributed by atoms with E-state index >= 15 is 0 Å². The summed E-state index contributed by atoms with van der Waals surface area (Å²) in [6, 6.07) is 3.05. The van der Waals surface area contributed by atoms with Gasteiger partial charge in [-0.3, -0.25) is 4.99 Å². The third-order valence-corrected chi connectivity index (χ3v) is 3.52. The van der Waals surface area contributed by atoms with E-state index in [1.807, 2.05) is 14.1 Å². The maximum Gasteiger partial charge on any atom is 0.387 e. The second kappa shape index (κ2) is 11.2. The average molecular weight is 486 g/mol. The van der Waals surface area contributed by atoms with Crippen molar-refractivity contribution in [3.63, 3.8) is 0 Å². The van der Waals surface area contributed by atoms with Crippen molar-refractivity contribution in [3.8, 4) is 17.2 Å². The summed E-state index contributed by atoms with van der Waals surface area (Å²) < 4.78 is 40.3.